The lowest BCUT2D eigenvalue weighted by atomic mass is 9.95. The highest BCUT2D eigenvalue weighted by Crippen LogP contribution is 2.47. The van der Waals surface area contributed by atoms with Crippen molar-refractivity contribution >= 4 is 5.71 Å². The molecule has 0 spiro atoms. The van der Waals surface area contributed by atoms with E-state index in [0.29, 0.717) is 0 Å². The number of benzene rings is 5. The van der Waals surface area contributed by atoms with Gasteiger partial charge in [0.2, 0.25) is 6.23 Å². The summed E-state index contributed by atoms with van der Waals surface area (Å²) in [6, 6.07) is 46.9. The summed E-state index contributed by atoms with van der Waals surface area (Å²) in [5.74, 6) is 0.941. The third-order valence-electron chi connectivity index (χ3n) is 7.33. The fraction of sp³-hybridized carbons (Fsp3) is 0.0882. The molecule has 0 radical (unpaired) electrons. The van der Waals surface area contributed by atoms with Crippen LogP contribution in [-0.4, -0.2) is 10.7 Å². The highest BCUT2D eigenvalue weighted by atomic mass is 16.5. The Bertz CT molecular complexity index is 1560. The molecule has 0 saturated heterocycles. The second-order valence-corrected chi connectivity index (χ2v) is 9.59. The summed E-state index contributed by atoms with van der Waals surface area (Å²) >= 11 is 0. The fourth-order valence-electron chi connectivity index (χ4n) is 5.39. The Labute approximate surface area is 217 Å². The summed E-state index contributed by atoms with van der Waals surface area (Å²) in [6.45, 7) is 0. The van der Waals surface area contributed by atoms with E-state index in [-0.39, 0.29) is 12.3 Å². The summed E-state index contributed by atoms with van der Waals surface area (Å²) < 4.78 is 6.56. The number of fused-ring (bicyclic) bond motifs is 3. The Morgan fingerprint density at radius 1 is 0.541 bits per heavy atom. The quantitative estimate of drug-likeness (QED) is 0.260. The van der Waals surface area contributed by atoms with Crippen molar-refractivity contribution in [1.29, 1.82) is 0 Å². The van der Waals surface area contributed by atoms with Crippen LogP contribution in [-0.2, 0) is 0 Å². The number of hydrogen-bond donors (Lipinski definition) is 0. The van der Waals surface area contributed by atoms with Crippen molar-refractivity contribution in [3.05, 3.63) is 150 Å². The zero-order chi connectivity index (χ0) is 24.6. The first-order chi connectivity index (χ1) is 18.3. The lowest BCUT2D eigenvalue weighted by molar-refractivity contribution is -0.0190. The molecular formula is C34H26N2O. The molecular weight excluding hydrogens is 452 g/mol. The molecule has 0 aliphatic carbocycles. The van der Waals surface area contributed by atoms with Gasteiger partial charge < -0.3 is 4.74 Å². The highest BCUT2D eigenvalue weighted by Gasteiger charge is 2.40. The topological polar surface area (TPSA) is 24.8 Å². The molecule has 5 aromatic carbocycles. The number of nitrogens with zero attached hydrogens (tertiary/aromatic N) is 2. The molecule has 2 heterocycles. The van der Waals surface area contributed by atoms with Crippen LogP contribution in [0.25, 0.3) is 22.3 Å². The van der Waals surface area contributed by atoms with Gasteiger partial charge in [-0.05, 0) is 33.9 Å². The normalized spacial score (nSPS) is 17.9. The van der Waals surface area contributed by atoms with Gasteiger partial charge in [0.25, 0.3) is 0 Å². The molecule has 0 unspecified atom stereocenters. The number of hydrogen-bond acceptors (Lipinski definition) is 3. The summed E-state index contributed by atoms with van der Waals surface area (Å²) in [5.41, 5.74) is 9.39. The van der Waals surface area contributed by atoms with Crippen LogP contribution in [0.3, 0.4) is 0 Å². The first-order valence-electron chi connectivity index (χ1n) is 12.8. The van der Waals surface area contributed by atoms with Crippen molar-refractivity contribution in [2.75, 3.05) is 0 Å². The molecule has 0 bridgehead atoms. The largest absolute Gasteiger partial charge is 0.464 e. The van der Waals surface area contributed by atoms with E-state index >= 15 is 0 Å². The van der Waals surface area contributed by atoms with Crippen LogP contribution in [0.15, 0.2) is 139 Å². The molecule has 3 heteroatoms. The molecule has 0 N–H and O–H groups in total. The Hall–Kier alpha value is -4.63. The number of hydrazone groups is 1. The Balaban J connectivity index is 1.22. The molecule has 0 saturated carbocycles. The first kappa shape index (κ1) is 21.6. The SMILES string of the molecule is c1ccc(-c2ccc(C3=NN4[C@H](C3)c3ccccc3O[C@@H]4c3ccc(-c4ccccc4)cc3)cc2)cc1. The van der Waals surface area contributed by atoms with Crippen LogP contribution in [0.4, 0.5) is 0 Å². The van der Waals surface area contributed by atoms with E-state index in [1.165, 1.54) is 27.8 Å². The van der Waals surface area contributed by atoms with Crippen LogP contribution in [0.1, 0.15) is 35.4 Å². The maximum atomic E-state index is 6.56. The van der Waals surface area contributed by atoms with Gasteiger partial charge >= 0.3 is 0 Å². The number of rotatable bonds is 4. The lowest BCUT2D eigenvalue weighted by Gasteiger charge is -2.38. The summed E-state index contributed by atoms with van der Waals surface area (Å²) in [5, 5.41) is 7.30. The van der Waals surface area contributed by atoms with Crippen molar-refractivity contribution < 1.29 is 4.74 Å². The van der Waals surface area contributed by atoms with Gasteiger partial charge in [0.15, 0.2) is 0 Å². The predicted molar refractivity (Wildman–Crippen MR) is 149 cm³/mol. The minimum absolute atomic E-state index is 0.146. The molecule has 7 rings (SSSR count). The average molecular weight is 479 g/mol. The van der Waals surface area contributed by atoms with Crippen LogP contribution >= 0.6 is 0 Å². The van der Waals surface area contributed by atoms with Gasteiger partial charge in [-0.2, -0.15) is 5.10 Å². The van der Waals surface area contributed by atoms with Gasteiger partial charge in [-0.15, -0.1) is 0 Å². The van der Waals surface area contributed by atoms with Gasteiger partial charge in [-0.25, -0.2) is 5.01 Å². The number of para-hydroxylation sites is 1. The van der Waals surface area contributed by atoms with Gasteiger partial charge in [-0.1, -0.05) is 127 Å². The molecule has 2 atom stereocenters. The first-order valence-corrected chi connectivity index (χ1v) is 12.8. The van der Waals surface area contributed by atoms with E-state index < -0.39 is 0 Å². The second-order valence-electron chi connectivity index (χ2n) is 9.59. The maximum absolute atomic E-state index is 6.56. The van der Waals surface area contributed by atoms with Crippen LogP contribution in [0.5, 0.6) is 5.75 Å². The van der Waals surface area contributed by atoms with Crippen molar-refractivity contribution in [3.63, 3.8) is 0 Å². The third kappa shape index (κ3) is 3.99. The van der Waals surface area contributed by atoms with Gasteiger partial charge in [0.05, 0.1) is 11.8 Å². The van der Waals surface area contributed by atoms with Crippen molar-refractivity contribution in [3.8, 4) is 28.0 Å². The molecule has 5 aromatic rings. The van der Waals surface area contributed by atoms with Crippen molar-refractivity contribution in [1.82, 2.24) is 5.01 Å². The minimum Gasteiger partial charge on any atom is -0.464 e. The third-order valence-corrected chi connectivity index (χ3v) is 7.33. The van der Waals surface area contributed by atoms with E-state index in [1.54, 1.807) is 0 Å². The number of ether oxygens (including phenoxy) is 1. The van der Waals surface area contributed by atoms with Crippen molar-refractivity contribution in [2.24, 2.45) is 5.10 Å². The van der Waals surface area contributed by atoms with E-state index in [2.05, 4.69) is 120 Å². The molecule has 2 aliphatic rings. The minimum atomic E-state index is -0.272. The molecule has 0 amide bonds. The summed E-state index contributed by atoms with van der Waals surface area (Å²) in [4.78, 5) is 0. The van der Waals surface area contributed by atoms with Crippen LogP contribution < -0.4 is 4.74 Å². The monoisotopic (exact) mass is 478 g/mol. The maximum Gasteiger partial charge on any atom is 0.213 e. The van der Waals surface area contributed by atoms with Gasteiger partial charge in [0, 0.05) is 17.5 Å². The molecule has 178 valence electrons. The molecule has 0 aromatic heterocycles. The van der Waals surface area contributed by atoms with Gasteiger partial charge in [-0.3, -0.25) is 0 Å². The summed E-state index contributed by atoms with van der Waals surface area (Å²) in [6.07, 6.45) is 0.578. The van der Waals surface area contributed by atoms with E-state index in [0.717, 1.165) is 29.0 Å². The van der Waals surface area contributed by atoms with Crippen LogP contribution in [0.2, 0.25) is 0 Å². The Morgan fingerprint density at radius 2 is 1.05 bits per heavy atom. The molecule has 2 aliphatic heterocycles. The second kappa shape index (κ2) is 9.11. The smallest absolute Gasteiger partial charge is 0.213 e. The standard InChI is InChI=1S/C34H26N2O/c1-3-9-24(10-4-1)26-15-19-28(20-16-26)31-23-32-30-13-7-8-14-33(30)37-34(36(32)35-31)29-21-17-27(18-22-29)25-11-5-2-6-12-25/h1-22,32,34H,23H2/t32-,34-/m1/s1. The Morgan fingerprint density at radius 3 is 1.70 bits per heavy atom. The molecule has 3 nitrogen and oxygen atoms in total. The van der Waals surface area contributed by atoms with Crippen molar-refractivity contribution in [2.45, 2.75) is 18.7 Å². The van der Waals surface area contributed by atoms with E-state index in [1.807, 2.05) is 18.2 Å². The zero-order valence-electron chi connectivity index (χ0n) is 20.4. The lowest BCUT2D eigenvalue weighted by Crippen LogP contribution is -2.33. The highest BCUT2D eigenvalue weighted by molar-refractivity contribution is 6.02. The van der Waals surface area contributed by atoms with E-state index in [4.69, 9.17) is 9.84 Å². The zero-order valence-corrected chi connectivity index (χ0v) is 20.4. The molecule has 37 heavy (non-hydrogen) atoms. The molecule has 0 fully saturated rings. The Kier molecular flexibility index (Phi) is 5.32. The predicted octanol–water partition coefficient (Wildman–Crippen LogP) is 8.26. The van der Waals surface area contributed by atoms with Crippen LogP contribution in [0, 0.1) is 0 Å². The fourth-order valence-corrected chi connectivity index (χ4v) is 5.39. The summed E-state index contributed by atoms with van der Waals surface area (Å²) in [7, 11) is 0. The van der Waals surface area contributed by atoms with E-state index in [9.17, 15) is 0 Å². The average Bonchev–Trinajstić information content (AvgIpc) is 3.44. The van der Waals surface area contributed by atoms with Gasteiger partial charge in [0.1, 0.15) is 5.75 Å².